The fourth-order valence-corrected chi connectivity index (χ4v) is 2.55. The van der Waals surface area contributed by atoms with Crippen LogP contribution in [-0.2, 0) is 20.7 Å². The number of nitrogens with zero attached hydrogens (tertiary/aromatic N) is 1. The van der Waals surface area contributed by atoms with Crippen LogP contribution in [0, 0.1) is 0 Å². The lowest BCUT2D eigenvalue weighted by Crippen LogP contribution is -2.50. The Hall–Kier alpha value is -1.02. The second kappa shape index (κ2) is 7.54. The van der Waals surface area contributed by atoms with Crippen LogP contribution in [-0.4, -0.2) is 54.6 Å². The Balaban J connectivity index is 1.82. The minimum atomic E-state index is -0.194. The standard InChI is InChI=1S/C12H18N2O4S/c15-2-4-18-11-6-17-3-1-10(11)14-12(16)5-9-7-19-8-13-9/h7-8,10-11,15H,1-6H2,(H,14,16)/t10-,11-/m1/s1. The second-order valence-electron chi connectivity index (χ2n) is 4.33. The molecule has 1 saturated heterocycles. The maximum atomic E-state index is 11.9. The number of aliphatic hydroxyl groups excluding tert-OH is 1. The fourth-order valence-electron chi connectivity index (χ4n) is 1.99. The minimum absolute atomic E-state index is 0.0318. The highest BCUT2D eigenvalue weighted by molar-refractivity contribution is 7.07. The third kappa shape index (κ3) is 4.54. The molecular weight excluding hydrogens is 268 g/mol. The Kier molecular flexibility index (Phi) is 5.71. The number of nitrogens with one attached hydrogen (secondary N) is 1. The molecule has 0 unspecified atom stereocenters. The smallest absolute Gasteiger partial charge is 0.226 e. The number of carbonyl (C=O) groups excluding carboxylic acids is 1. The highest BCUT2D eigenvalue weighted by Gasteiger charge is 2.27. The van der Waals surface area contributed by atoms with E-state index < -0.39 is 0 Å². The maximum absolute atomic E-state index is 11.9. The van der Waals surface area contributed by atoms with Crippen molar-refractivity contribution < 1.29 is 19.4 Å². The van der Waals surface area contributed by atoms with Crippen molar-refractivity contribution in [2.24, 2.45) is 0 Å². The molecule has 0 radical (unpaired) electrons. The van der Waals surface area contributed by atoms with E-state index in [4.69, 9.17) is 14.6 Å². The molecule has 0 bridgehead atoms. The van der Waals surface area contributed by atoms with Crippen LogP contribution in [0.5, 0.6) is 0 Å². The van der Waals surface area contributed by atoms with Crippen LogP contribution < -0.4 is 5.32 Å². The molecule has 0 aliphatic carbocycles. The van der Waals surface area contributed by atoms with E-state index in [1.807, 2.05) is 5.38 Å². The number of thiazole rings is 1. The van der Waals surface area contributed by atoms with E-state index in [2.05, 4.69) is 10.3 Å². The van der Waals surface area contributed by atoms with E-state index in [1.54, 1.807) is 5.51 Å². The van der Waals surface area contributed by atoms with Gasteiger partial charge in [-0.3, -0.25) is 4.79 Å². The van der Waals surface area contributed by atoms with Gasteiger partial charge in [0.25, 0.3) is 0 Å². The molecule has 1 aromatic heterocycles. The molecule has 19 heavy (non-hydrogen) atoms. The molecule has 1 amide bonds. The highest BCUT2D eigenvalue weighted by Crippen LogP contribution is 2.12. The molecule has 2 heterocycles. The molecule has 0 spiro atoms. The second-order valence-corrected chi connectivity index (χ2v) is 5.05. The van der Waals surface area contributed by atoms with Crippen LogP contribution in [0.3, 0.4) is 0 Å². The number of hydrogen-bond acceptors (Lipinski definition) is 6. The van der Waals surface area contributed by atoms with Gasteiger partial charge in [-0.05, 0) is 6.42 Å². The van der Waals surface area contributed by atoms with E-state index in [0.717, 1.165) is 12.1 Å². The average molecular weight is 286 g/mol. The first-order chi connectivity index (χ1) is 9.29. The third-order valence-corrected chi connectivity index (χ3v) is 3.53. The van der Waals surface area contributed by atoms with Crippen LogP contribution in [0.2, 0.25) is 0 Å². The molecule has 2 atom stereocenters. The lowest BCUT2D eigenvalue weighted by atomic mass is 10.1. The molecule has 2 N–H and O–H groups in total. The number of ether oxygens (including phenoxy) is 2. The first-order valence-corrected chi connectivity index (χ1v) is 7.20. The van der Waals surface area contributed by atoms with Gasteiger partial charge in [0.05, 0.1) is 43.5 Å². The van der Waals surface area contributed by atoms with Gasteiger partial charge in [0.2, 0.25) is 5.91 Å². The van der Waals surface area contributed by atoms with Crippen molar-refractivity contribution in [1.29, 1.82) is 0 Å². The van der Waals surface area contributed by atoms with Crippen LogP contribution in [0.4, 0.5) is 0 Å². The molecule has 106 valence electrons. The Morgan fingerprint density at radius 2 is 2.58 bits per heavy atom. The number of amides is 1. The van der Waals surface area contributed by atoms with E-state index in [-0.39, 0.29) is 37.7 Å². The number of aliphatic hydroxyl groups is 1. The van der Waals surface area contributed by atoms with Crippen molar-refractivity contribution in [2.75, 3.05) is 26.4 Å². The van der Waals surface area contributed by atoms with Gasteiger partial charge in [-0.2, -0.15) is 0 Å². The first-order valence-electron chi connectivity index (χ1n) is 6.26. The van der Waals surface area contributed by atoms with E-state index in [9.17, 15) is 4.79 Å². The first kappa shape index (κ1) is 14.4. The topological polar surface area (TPSA) is 80.7 Å². The Bertz CT molecular complexity index is 385. The van der Waals surface area contributed by atoms with Crippen LogP contribution in [0.15, 0.2) is 10.9 Å². The van der Waals surface area contributed by atoms with Gasteiger partial charge in [-0.1, -0.05) is 0 Å². The zero-order chi connectivity index (χ0) is 13.5. The van der Waals surface area contributed by atoms with Gasteiger partial charge in [0.1, 0.15) is 6.10 Å². The summed E-state index contributed by atoms with van der Waals surface area (Å²) in [4.78, 5) is 16.0. The summed E-state index contributed by atoms with van der Waals surface area (Å²) in [7, 11) is 0. The summed E-state index contributed by atoms with van der Waals surface area (Å²) in [5.74, 6) is -0.0598. The number of rotatable bonds is 6. The number of aromatic nitrogens is 1. The lowest BCUT2D eigenvalue weighted by Gasteiger charge is -2.31. The van der Waals surface area contributed by atoms with Crippen molar-refractivity contribution in [3.63, 3.8) is 0 Å². The van der Waals surface area contributed by atoms with Crippen LogP contribution >= 0.6 is 11.3 Å². The van der Waals surface area contributed by atoms with E-state index >= 15 is 0 Å². The monoisotopic (exact) mass is 286 g/mol. The van der Waals surface area contributed by atoms with E-state index in [1.165, 1.54) is 11.3 Å². The summed E-state index contributed by atoms with van der Waals surface area (Å²) in [6.07, 6.45) is 0.812. The quantitative estimate of drug-likeness (QED) is 0.767. The van der Waals surface area contributed by atoms with Gasteiger partial charge in [-0.15, -0.1) is 11.3 Å². The zero-order valence-electron chi connectivity index (χ0n) is 10.6. The van der Waals surface area contributed by atoms with Crippen molar-refractivity contribution in [3.8, 4) is 0 Å². The molecule has 1 fully saturated rings. The number of carbonyl (C=O) groups is 1. The zero-order valence-corrected chi connectivity index (χ0v) is 11.4. The third-order valence-electron chi connectivity index (χ3n) is 2.90. The average Bonchev–Trinajstić information content (AvgIpc) is 2.90. The SMILES string of the molecule is O=C(Cc1cscn1)N[C@@H]1CCOC[C@H]1OCCO. The molecule has 0 aromatic carbocycles. The Morgan fingerprint density at radius 1 is 1.68 bits per heavy atom. The van der Waals surface area contributed by atoms with Crippen molar-refractivity contribution in [1.82, 2.24) is 10.3 Å². The van der Waals surface area contributed by atoms with Crippen molar-refractivity contribution in [3.05, 3.63) is 16.6 Å². The molecule has 1 aliphatic heterocycles. The summed E-state index contributed by atoms with van der Waals surface area (Å²) in [5, 5.41) is 13.6. The molecule has 1 aromatic rings. The van der Waals surface area contributed by atoms with Gasteiger partial charge in [-0.25, -0.2) is 4.98 Å². The van der Waals surface area contributed by atoms with Gasteiger partial charge in [0.15, 0.2) is 0 Å². The normalized spacial score (nSPS) is 23.2. The molecule has 2 rings (SSSR count). The summed E-state index contributed by atoms with van der Waals surface area (Å²) in [6.45, 7) is 1.28. The fraction of sp³-hybridized carbons (Fsp3) is 0.667. The molecule has 1 aliphatic rings. The molecule has 7 heteroatoms. The minimum Gasteiger partial charge on any atom is -0.394 e. The molecular formula is C12H18N2O4S. The summed E-state index contributed by atoms with van der Waals surface area (Å²) >= 11 is 1.48. The maximum Gasteiger partial charge on any atom is 0.226 e. The van der Waals surface area contributed by atoms with Gasteiger partial charge in [0, 0.05) is 12.0 Å². The van der Waals surface area contributed by atoms with Crippen LogP contribution in [0.1, 0.15) is 12.1 Å². The van der Waals surface area contributed by atoms with Gasteiger partial charge >= 0.3 is 0 Å². The van der Waals surface area contributed by atoms with Crippen molar-refractivity contribution >= 4 is 17.2 Å². The largest absolute Gasteiger partial charge is 0.394 e. The summed E-state index contributed by atoms with van der Waals surface area (Å²) in [5.41, 5.74) is 2.49. The number of hydrogen-bond donors (Lipinski definition) is 2. The van der Waals surface area contributed by atoms with Gasteiger partial charge < -0.3 is 19.9 Å². The predicted molar refractivity (Wildman–Crippen MR) is 70.0 cm³/mol. The Morgan fingerprint density at radius 3 is 3.32 bits per heavy atom. The lowest BCUT2D eigenvalue weighted by molar-refractivity contribution is -0.125. The predicted octanol–water partition coefficient (Wildman–Crippen LogP) is -0.0318. The molecule has 6 nitrogen and oxygen atoms in total. The van der Waals surface area contributed by atoms with Crippen molar-refractivity contribution in [2.45, 2.75) is 25.0 Å². The highest BCUT2D eigenvalue weighted by atomic mass is 32.1. The van der Waals surface area contributed by atoms with Crippen LogP contribution in [0.25, 0.3) is 0 Å². The van der Waals surface area contributed by atoms with E-state index in [0.29, 0.717) is 13.2 Å². The summed E-state index contributed by atoms with van der Waals surface area (Å²) < 4.78 is 10.8. The summed E-state index contributed by atoms with van der Waals surface area (Å²) in [6, 6.07) is -0.0635. The molecule has 0 saturated carbocycles. The Labute approximate surface area is 115 Å².